The van der Waals surface area contributed by atoms with Crippen LogP contribution < -0.4 is 10.6 Å². The van der Waals surface area contributed by atoms with Gasteiger partial charge in [-0.15, -0.1) is 11.3 Å². The molecule has 0 saturated heterocycles. The summed E-state index contributed by atoms with van der Waals surface area (Å²) >= 11 is 7.05. The van der Waals surface area contributed by atoms with Gasteiger partial charge in [0.05, 0.1) is 5.56 Å². The molecule has 0 fully saturated rings. The van der Waals surface area contributed by atoms with Gasteiger partial charge < -0.3 is 10.6 Å². The zero-order valence-corrected chi connectivity index (χ0v) is 10.7. The topological polar surface area (TPSA) is 58.2 Å². The van der Waals surface area contributed by atoms with Crippen LogP contribution in [0.2, 0.25) is 5.02 Å². The van der Waals surface area contributed by atoms with Crippen molar-refractivity contribution >= 4 is 45.9 Å². The van der Waals surface area contributed by atoms with Gasteiger partial charge in [0.2, 0.25) is 6.41 Å². The number of amides is 2. The Balaban J connectivity index is 2.14. The van der Waals surface area contributed by atoms with Crippen LogP contribution in [-0.4, -0.2) is 12.3 Å². The molecule has 0 aliphatic rings. The molecule has 0 atom stereocenters. The third-order valence-electron chi connectivity index (χ3n) is 2.20. The molecule has 18 heavy (non-hydrogen) atoms. The molecule has 2 aromatic rings. The summed E-state index contributed by atoms with van der Waals surface area (Å²) in [4.78, 5) is 22.4. The molecular formula is C12H9ClN2O2S. The van der Waals surface area contributed by atoms with Crippen molar-refractivity contribution in [2.24, 2.45) is 0 Å². The number of anilines is 2. The number of carbonyl (C=O) groups excluding carboxylic acids is 2. The first kappa shape index (κ1) is 12.6. The number of benzene rings is 1. The van der Waals surface area contributed by atoms with Gasteiger partial charge in [-0.1, -0.05) is 11.6 Å². The predicted molar refractivity (Wildman–Crippen MR) is 73.4 cm³/mol. The Labute approximate surface area is 113 Å². The highest BCUT2D eigenvalue weighted by atomic mass is 35.5. The molecule has 2 rings (SSSR count). The Morgan fingerprint density at radius 3 is 2.61 bits per heavy atom. The molecular weight excluding hydrogens is 272 g/mol. The van der Waals surface area contributed by atoms with E-state index in [9.17, 15) is 9.59 Å². The van der Waals surface area contributed by atoms with Crippen molar-refractivity contribution in [3.63, 3.8) is 0 Å². The average molecular weight is 281 g/mol. The van der Waals surface area contributed by atoms with Crippen LogP contribution in [0.1, 0.15) is 10.4 Å². The Bertz CT molecular complexity index is 566. The largest absolute Gasteiger partial charge is 0.322 e. The van der Waals surface area contributed by atoms with Crippen LogP contribution in [0.15, 0.2) is 35.7 Å². The third kappa shape index (κ3) is 2.88. The van der Waals surface area contributed by atoms with Crippen molar-refractivity contribution in [2.75, 3.05) is 10.6 Å². The van der Waals surface area contributed by atoms with Crippen molar-refractivity contribution in [3.05, 3.63) is 46.3 Å². The van der Waals surface area contributed by atoms with Gasteiger partial charge >= 0.3 is 0 Å². The van der Waals surface area contributed by atoms with Crippen LogP contribution in [0.25, 0.3) is 0 Å². The number of thiophene rings is 1. The van der Waals surface area contributed by atoms with Gasteiger partial charge in [0.25, 0.3) is 5.91 Å². The summed E-state index contributed by atoms with van der Waals surface area (Å²) in [5.41, 5.74) is 1.08. The second-order valence-corrected chi connectivity index (χ2v) is 4.74. The monoisotopic (exact) mass is 280 g/mol. The third-order valence-corrected chi connectivity index (χ3v) is 3.30. The van der Waals surface area contributed by atoms with Crippen molar-refractivity contribution in [1.29, 1.82) is 0 Å². The molecule has 6 heteroatoms. The summed E-state index contributed by atoms with van der Waals surface area (Å²) in [5, 5.41) is 8.08. The fourth-order valence-corrected chi connectivity index (χ4v) is 2.26. The fourth-order valence-electron chi connectivity index (χ4n) is 1.39. The number of carbonyl (C=O) groups is 2. The normalized spacial score (nSPS) is 9.83. The maximum absolute atomic E-state index is 12.0. The lowest BCUT2D eigenvalue weighted by Crippen LogP contribution is -2.12. The SMILES string of the molecule is O=CNc1sccc1C(=O)Nc1ccc(Cl)cc1. The lowest BCUT2D eigenvalue weighted by Gasteiger charge is -2.05. The average Bonchev–Trinajstić information content (AvgIpc) is 2.81. The van der Waals surface area contributed by atoms with E-state index in [1.54, 1.807) is 35.7 Å². The Morgan fingerprint density at radius 2 is 1.94 bits per heavy atom. The minimum Gasteiger partial charge on any atom is -0.322 e. The Kier molecular flexibility index (Phi) is 3.96. The molecule has 0 aliphatic carbocycles. The van der Waals surface area contributed by atoms with Crippen LogP contribution in [0, 0.1) is 0 Å². The van der Waals surface area contributed by atoms with Crippen molar-refractivity contribution in [2.45, 2.75) is 0 Å². The number of rotatable bonds is 4. The highest BCUT2D eigenvalue weighted by Gasteiger charge is 2.12. The van der Waals surface area contributed by atoms with E-state index in [2.05, 4.69) is 10.6 Å². The summed E-state index contributed by atoms with van der Waals surface area (Å²) in [7, 11) is 0. The number of nitrogens with one attached hydrogen (secondary N) is 2. The number of halogens is 1. The standard InChI is InChI=1S/C12H9ClN2O2S/c13-8-1-3-9(4-2-8)15-11(17)10-5-6-18-12(10)14-7-16/h1-7H,(H,14,16)(H,15,17). The molecule has 1 heterocycles. The van der Waals surface area contributed by atoms with E-state index in [4.69, 9.17) is 11.6 Å². The molecule has 2 N–H and O–H groups in total. The van der Waals surface area contributed by atoms with E-state index in [-0.39, 0.29) is 5.91 Å². The van der Waals surface area contributed by atoms with E-state index in [1.165, 1.54) is 11.3 Å². The second kappa shape index (κ2) is 5.66. The number of hydrogen-bond donors (Lipinski definition) is 2. The van der Waals surface area contributed by atoms with E-state index in [0.717, 1.165) is 0 Å². The molecule has 0 aliphatic heterocycles. The van der Waals surface area contributed by atoms with E-state index in [1.807, 2.05) is 0 Å². The van der Waals surface area contributed by atoms with Gasteiger partial charge in [-0.2, -0.15) is 0 Å². The molecule has 0 unspecified atom stereocenters. The molecule has 1 aromatic heterocycles. The zero-order valence-electron chi connectivity index (χ0n) is 9.14. The summed E-state index contributed by atoms with van der Waals surface area (Å²) in [6.07, 6.45) is 0.547. The van der Waals surface area contributed by atoms with E-state index >= 15 is 0 Å². The van der Waals surface area contributed by atoms with Gasteiger partial charge in [-0.25, -0.2) is 0 Å². The summed E-state index contributed by atoms with van der Waals surface area (Å²) in [6, 6.07) is 8.45. The maximum atomic E-state index is 12.0. The van der Waals surface area contributed by atoms with Crippen LogP contribution in [0.3, 0.4) is 0 Å². The van der Waals surface area contributed by atoms with E-state index in [0.29, 0.717) is 27.7 Å². The van der Waals surface area contributed by atoms with Crippen LogP contribution in [0.4, 0.5) is 10.7 Å². The van der Waals surface area contributed by atoms with E-state index < -0.39 is 0 Å². The van der Waals surface area contributed by atoms with Crippen molar-refractivity contribution in [1.82, 2.24) is 0 Å². The summed E-state index contributed by atoms with van der Waals surface area (Å²) in [6.45, 7) is 0. The molecule has 0 radical (unpaired) electrons. The smallest absolute Gasteiger partial charge is 0.258 e. The van der Waals surface area contributed by atoms with Crippen LogP contribution in [0.5, 0.6) is 0 Å². The first-order chi connectivity index (χ1) is 8.70. The molecule has 1 aromatic carbocycles. The summed E-state index contributed by atoms with van der Waals surface area (Å²) in [5.74, 6) is -0.275. The highest BCUT2D eigenvalue weighted by Crippen LogP contribution is 2.24. The first-order valence-electron chi connectivity index (χ1n) is 5.05. The Morgan fingerprint density at radius 1 is 1.22 bits per heavy atom. The van der Waals surface area contributed by atoms with Crippen molar-refractivity contribution < 1.29 is 9.59 Å². The van der Waals surface area contributed by atoms with Crippen molar-refractivity contribution in [3.8, 4) is 0 Å². The minimum absolute atomic E-state index is 0.275. The van der Waals surface area contributed by atoms with Gasteiger partial charge in [0.15, 0.2) is 0 Å². The fraction of sp³-hybridized carbons (Fsp3) is 0. The molecule has 0 bridgehead atoms. The van der Waals surface area contributed by atoms with Gasteiger partial charge in [0.1, 0.15) is 5.00 Å². The van der Waals surface area contributed by atoms with Gasteiger partial charge in [-0.05, 0) is 35.7 Å². The molecule has 0 saturated carbocycles. The number of hydrogen-bond acceptors (Lipinski definition) is 3. The predicted octanol–water partition coefficient (Wildman–Crippen LogP) is 3.22. The van der Waals surface area contributed by atoms with Gasteiger partial charge in [-0.3, -0.25) is 9.59 Å². The van der Waals surface area contributed by atoms with Gasteiger partial charge in [0, 0.05) is 10.7 Å². The maximum Gasteiger partial charge on any atom is 0.258 e. The molecule has 92 valence electrons. The quantitative estimate of drug-likeness (QED) is 0.845. The molecule has 4 nitrogen and oxygen atoms in total. The Hall–Kier alpha value is -1.85. The summed E-state index contributed by atoms with van der Waals surface area (Å²) < 4.78 is 0. The van der Waals surface area contributed by atoms with Crippen LogP contribution >= 0.6 is 22.9 Å². The molecule has 0 spiro atoms. The second-order valence-electron chi connectivity index (χ2n) is 3.39. The zero-order chi connectivity index (χ0) is 13.0. The lowest BCUT2D eigenvalue weighted by atomic mass is 10.2. The minimum atomic E-state index is -0.275. The van der Waals surface area contributed by atoms with Crippen LogP contribution in [-0.2, 0) is 4.79 Å². The lowest BCUT2D eigenvalue weighted by molar-refractivity contribution is -0.105. The highest BCUT2D eigenvalue weighted by molar-refractivity contribution is 7.14. The first-order valence-corrected chi connectivity index (χ1v) is 6.31. The molecule has 2 amide bonds.